The molecule has 1 N–H and O–H groups in total. The molecule has 16 heavy (non-hydrogen) atoms. The molecule has 1 aliphatic carbocycles. The van der Waals surface area contributed by atoms with E-state index in [2.05, 4.69) is 38.2 Å². The van der Waals surface area contributed by atoms with E-state index in [0.29, 0.717) is 0 Å². The Morgan fingerprint density at radius 2 is 2.00 bits per heavy atom. The maximum atomic E-state index is 3.67. The average Bonchev–Trinajstić information content (AvgIpc) is 2.62. The zero-order chi connectivity index (χ0) is 11.5. The molecule has 2 heteroatoms. The molecule has 0 spiro atoms. The van der Waals surface area contributed by atoms with Gasteiger partial charge in [-0.15, -0.1) is 11.3 Å². The summed E-state index contributed by atoms with van der Waals surface area (Å²) in [7, 11) is 0. The summed E-state index contributed by atoms with van der Waals surface area (Å²) in [5.74, 6) is 1.83. The summed E-state index contributed by atoms with van der Waals surface area (Å²) in [6, 6.07) is 5.31. The van der Waals surface area contributed by atoms with Crippen molar-refractivity contribution in [3.8, 4) is 0 Å². The first kappa shape index (κ1) is 12.1. The van der Waals surface area contributed by atoms with E-state index in [-0.39, 0.29) is 0 Å². The predicted molar refractivity (Wildman–Crippen MR) is 71.9 cm³/mol. The van der Waals surface area contributed by atoms with Crippen molar-refractivity contribution in [1.29, 1.82) is 0 Å². The molecular weight excluding hydrogens is 214 g/mol. The lowest BCUT2D eigenvalue weighted by atomic mass is 9.74. The molecule has 2 rings (SSSR count). The Morgan fingerprint density at radius 1 is 1.31 bits per heavy atom. The van der Waals surface area contributed by atoms with Gasteiger partial charge in [0.05, 0.1) is 0 Å². The van der Waals surface area contributed by atoms with Gasteiger partial charge in [-0.1, -0.05) is 20.8 Å². The van der Waals surface area contributed by atoms with Crippen molar-refractivity contribution in [3.05, 3.63) is 21.9 Å². The lowest BCUT2D eigenvalue weighted by Crippen LogP contribution is -2.42. The monoisotopic (exact) mass is 237 g/mol. The quantitative estimate of drug-likeness (QED) is 0.820. The zero-order valence-electron chi connectivity index (χ0n) is 10.6. The van der Waals surface area contributed by atoms with Crippen molar-refractivity contribution in [2.75, 3.05) is 0 Å². The number of hydrogen-bond donors (Lipinski definition) is 1. The maximum Gasteiger partial charge on any atom is 0.0302 e. The second kappa shape index (κ2) is 5.33. The van der Waals surface area contributed by atoms with Crippen molar-refractivity contribution in [2.24, 2.45) is 11.8 Å². The van der Waals surface area contributed by atoms with Gasteiger partial charge in [0.2, 0.25) is 0 Å². The van der Waals surface area contributed by atoms with E-state index in [4.69, 9.17) is 0 Å². The molecule has 0 unspecified atom stereocenters. The van der Waals surface area contributed by atoms with Gasteiger partial charge in [-0.2, -0.15) is 0 Å². The van der Waals surface area contributed by atoms with E-state index < -0.39 is 0 Å². The van der Waals surface area contributed by atoms with Gasteiger partial charge in [-0.3, -0.25) is 0 Å². The van der Waals surface area contributed by atoms with Crippen LogP contribution in [0.5, 0.6) is 0 Å². The van der Waals surface area contributed by atoms with Gasteiger partial charge in [0.1, 0.15) is 0 Å². The van der Waals surface area contributed by atoms with Crippen LogP contribution in [0, 0.1) is 11.8 Å². The largest absolute Gasteiger partial charge is 0.309 e. The SMILES string of the molecule is CCc1ccc(CNC2CC(C(C)C)C2)s1. The first-order valence-electron chi connectivity index (χ1n) is 6.50. The van der Waals surface area contributed by atoms with Gasteiger partial charge >= 0.3 is 0 Å². The summed E-state index contributed by atoms with van der Waals surface area (Å²) in [5, 5.41) is 3.67. The van der Waals surface area contributed by atoms with Gasteiger partial charge in [-0.05, 0) is 43.2 Å². The third kappa shape index (κ3) is 2.86. The minimum absolute atomic E-state index is 0.777. The van der Waals surface area contributed by atoms with Crippen LogP contribution in [0.2, 0.25) is 0 Å². The lowest BCUT2D eigenvalue weighted by Gasteiger charge is -2.38. The Labute approximate surface area is 103 Å². The van der Waals surface area contributed by atoms with Crippen LogP contribution in [-0.4, -0.2) is 6.04 Å². The number of hydrogen-bond acceptors (Lipinski definition) is 2. The maximum absolute atomic E-state index is 3.67. The Bertz CT molecular complexity index is 323. The van der Waals surface area contributed by atoms with Crippen LogP contribution in [0.1, 0.15) is 43.4 Å². The normalized spacial score (nSPS) is 24.8. The van der Waals surface area contributed by atoms with Gasteiger partial charge in [0, 0.05) is 22.3 Å². The highest BCUT2D eigenvalue weighted by Crippen LogP contribution is 2.33. The second-order valence-corrected chi connectivity index (χ2v) is 6.53. The number of thiophene rings is 1. The number of nitrogens with one attached hydrogen (secondary N) is 1. The Morgan fingerprint density at radius 3 is 2.56 bits per heavy atom. The molecule has 0 amide bonds. The molecule has 0 saturated heterocycles. The molecule has 1 aromatic heterocycles. The van der Waals surface area contributed by atoms with Crippen LogP contribution in [0.4, 0.5) is 0 Å². The molecule has 0 atom stereocenters. The summed E-state index contributed by atoms with van der Waals surface area (Å²) in [4.78, 5) is 3.00. The molecule has 0 aliphatic heterocycles. The van der Waals surface area contributed by atoms with E-state index in [1.54, 1.807) is 0 Å². The fourth-order valence-corrected chi connectivity index (χ4v) is 3.23. The number of aryl methyl sites for hydroxylation is 1. The smallest absolute Gasteiger partial charge is 0.0302 e. The van der Waals surface area contributed by atoms with Crippen molar-refractivity contribution < 1.29 is 0 Å². The number of rotatable bonds is 5. The van der Waals surface area contributed by atoms with Gasteiger partial charge in [0.25, 0.3) is 0 Å². The summed E-state index contributed by atoms with van der Waals surface area (Å²) >= 11 is 1.95. The Hall–Kier alpha value is -0.340. The fraction of sp³-hybridized carbons (Fsp3) is 0.714. The van der Waals surface area contributed by atoms with Gasteiger partial charge in [0.15, 0.2) is 0 Å². The first-order valence-corrected chi connectivity index (χ1v) is 7.31. The summed E-state index contributed by atoms with van der Waals surface area (Å²) < 4.78 is 0. The van der Waals surface area contributed by atoms with Crippen molar-refractivity contribution in [3.63, 3.8) is 0 Å². The molecule has 1 saturated carbocycles. The first-order chi connectivity index (χ1) is 7.69. The van der Waals surface area contributed by atoms with E-state index in [1.807, 2.05) is 11.3 Å². The summed E-state index contributed by atoms with van der Waals surface area (Å²) in [5.41, 5.74) is 0. The molecule has 1 nitrogen and oxygen atoms in total. The molecule has 1 aromatic rings. The van der Waals surface area contributed by atoms with Crippen LogP contribution >= 0.6 is 11.3 Å². The summed E-state index contributed by atoms with van der Waals surface area (Å²) in [6.45, 7) is 7.98. The highest BCUT2D eigenvalue weighted by molar-refractivity contribution is 7.11. The minimum atomic E-state index is 0.777. The highest BCUT2D eigenvalue weighted by Gasteiger charge is 2.30. The van der Waals surface area contributed by atoms with Crippen LogP contribution in [0.15, 0.2) is 12.1 Å². The van der Waals surface area contributed by atoms with E-state index in [0.717, 1.165) is 24.4 Å². The van der Waals surface area contributed by atoms with E-state index in [1.165, 1.54) is 29.0 Å². The zero-order valence-corrected chi connectivity index (χ0v) is 11.4. The molecule has 1 heterocycles. The fourth-order valence-electron chi connectivity index (χ4n) is 2.33. The Kier molecular flexibility index (Phi) is 4.04. The van der Waals surface area contributed by atoms with Gasteiger partial charge in [-0.25, -0.2) is 0 Å². The highest BCUT2D eigenvalue weighted by atomic mass is 32.1. The molecular formula is C14H23NS. The van der Waals surface area contributed by atoms with Gasteiger partial charge < -0.3 is 5.32 Å². The molecule has 90 valence electrons. The second-order valence-electron chi connectivity index (χ2n) is 5.27. The van der Waals surface area contributed by atoms with Crippen molar-refractivity contribution in [2.45, 2.75) is 52.6 Å². The van der Waals surface area contributed by atoms with Crippen LogP contribution in [-0.2, 0) is 13.0 Å². The standard InChI is InChI=1S/C14H23NS/c1-4-13-5-6-14(16-13)9-15-12-7-11(8-12)10(2)3/h5-6,10-12,15H,4,7-9H2,1-3H3. The van der Waals surface area contributed by atoms with Crippen LogP contribution < -0.4 is 5.32 Å². The predicted octanol–water partition coefficient (Wildman–Crippen LogP) is 3.83. The third-order valence-electron chi connectivity index (χ3n) is 3.75. The molecule has 1 fully saturated rings. The average molecular weight is 237 g/mol. The third-order valence-corrected chi connectivity index (χ3v) is 4.98. The minimum Gasteiger partial charge on any atom is -0.309 e. The topological polar surface area (TPSA) is 12.0 Å². The lowest BCUT2D eigenvalue weighted by molar-refractivity contribution is 0.168. The van der Waals surface area contributed by atoms with E-state index >= 15 is 0 Å². The van der Waals surface area contributed by atoms with E-state index in [9.17, 15) is 0 Å². The van der Waals surface area contributed by atoms with Crippen LogP contribution in [0.3, 0.4) is 0 Å². The summed E-state index contributed by atoms with van der Waals surface area (Å²) in [6.07, 6.45) is 3.93. The van der Waals surface area contributed by atoms with Crippen LogP contribution in [0.25, 0.3) is 0 Å². The van der Waals surface area contributed by atoms with Crippen molar-refractivity contribution in [1.82, 2.24) is 5.32 Å². The molecule has 0 radical (unpaired) electrons. The Balaban J connectivity index is 1.69. The molecule has 1 aliphatic rings. The molecule has 0 bridgehead atoms. The van der Waals surface area contributed by atoms with Crippen molar-refractivity contribution >= 4 is 11.3 Å². The molecule has 0 aromatic carbocycles.